The van der Waals surface area contributed by atoms with Crippen molar-refractivity contribution >= 4 is 31.8 Å². The average molecular weight is 396 g/mol. The van der Waals surface area contributed by atoms with Crippen molar-refractivity contribution in [1.29, 1.82) is 0 Å². The third-order valence-electron chi connectivity index (χ3n) is 5.79. The van der Waals surface area contributed by atoms with Crippen LogP contribution in [0.1, 0.15) is 66.0 Å². The maximum absolute atomic E-state index is 12.9. The average Bonchev–Trinajstić information content (AvgIpc) is 3.08. The number of β-lactam (4-membered cyclic amide) rings is 1. The second-order valence-corrected chi connectivity index (χ2v) is 14.4. The number of nitrogens with zero attached hydrogens (tertiary/aromatic N) is 1. The molecular weight excluding hydrogens is 362 g/mol. The standard InChI is InChI=1S/C20H33NO3SSi/c1-14(2)26(15(3)4,16(5)6)24-19-18(17-9-12-25-13-17)21(20(19)23)10-7-8-11-22/h9,11-16,18-19H,7-8,10H2,1-6H3. The van der Waals surface area contributed by atoms with E-state index in [0.717, 1.165) is 11.8 Å². The number of rotatable bonds is 10. The van der Waals surface area contributed by atoms with Crippen molar-refractivity contribution in [2.24, 2.45) is 0 Å². The van der Waals surface area contributed by atoms with Crippen LogP contribution in [-0.4, -0.2) is 38.1 Å². The summed E-state index contributed by atoms with van der Waals surface area (Å²) < 4.78 is 6.83. The fourth-order valence-electron chi connectivity index (χ4n) is 4.65. The summed E-state index contributed by atoms with van der Waals surface area (Å²) in [6, 6.07) is 2.08. The van der Waals surface area contributed by atoms with Crippen LogP contribution in [0, 0.1) is 0 Å². The molecule has 2 atom stereocenters. The Bertz CT molecular complexity index is 578. The van der Waals surface area contributed by atoms with E-state index in [2.05, 4.69) is 58.4 Å². The van der Waals surface area contributed by atoms with E-state index in [1.54, 1.807) is 11.3 Å². The van der Waals surface area contributed by atoms with E-state index in [1.807, 2.05) is 4.90 Å². The van der Waals surface area contributed by atoms with Crippen LogP contribution >= 0.6 is 11.3 Å². The fourth-order valence-corrected chi connectivity index (χ4v) is 10.8. The molecule has 2 heterocycles. The fraction of sp³-hybridized carbons (Fsp3) is 0.700. The molecule has 146 valence electrons. The van der Waals surface area contributed by atoms with Gasteiger partial charge in [-0.1, -0.05) is 41.5 Å². The van der Waals surface area contributed by atoms with Gasteiger partial charge in [-0.3, -0.25) is 4.79 Å². The largest absolute Gasteiger partial charge is 0.402 e. The predicted molar refractivity (Wildman–Crippen MR) is 110 cm³/mol. The highest BCUT2D eigenvalue weighted by Crippen LogP contribution is 2.47. The van der Waals surface area contributed by atoms with Crippen LogP contribution in [0.2, 0.25) is 16.6 Å². The Labute approximate surface area is 163 Å². The second kappa shape index (κ2) is 8.80. The van der Waals surface area contributed by atoms with Crippen molar-refractivity contribution < 1.29 is 14.0 Å². The summed E-state index contributed by atoms with van der Waals surface area (Å²) in [6.07, 6.45) is 1.75. The highest BCUT2D eigenvalue weighted by atomic mass is 32.1. The topological polar surface area (TPSA) is 46.6 Å². The smallest absolute Gasteiger partial charge is 0.253 e. The summed E-state index contributed by atoms with van der Waals surface area (Å²) in [5, 5.41) is 4.17. The molecular formula is C20H33NO3SSi. The lowest BCUT2D eigenvalue weighted by molar-refractivity contribution is -0.165. The summed E-state index contributed by atoms with van der Waals surface area (Å²) in [7, 11) is -2.12. The molecule has 1 aromatic heterocycles. The minimum Gasteiger partial charge on any atom is -0.402 e. The van der Waals surface area contributed by atoms with E-state index in [1.165, 1.54) is 0 Å². The van der Waals surface area contributed by atoms with Crippen LogP contribution < -0.4 is 0 Å². The molecule has 1 aliphatic rings. The monoisotopic (exact) mass is 395 g/mol. The maximum Gasteiger partial charge on any atom is 0.253 e. The van der Waals surface area contributed by atoms with Gasteiger partial charge in [-0.15, -0.1) is 0 Å². The van der Waals surface area contributed by atoms with Gasteiger partial charge in [0.05, 0.1) is 6.04 Å². The van der Waals surface area contributed by atoms with Crippen LogP contribution in [-0.2, 0) is 14.0 Å². The number of likely N-dealkylation sites (tertiary alicyclic amines) is 1. The molecule has 1 fully saturated rings. The van der Waals surface area contributed by atoms with Gasteiger partial charge in [0, 0.05) is 13.0 Å². The number of carbonyl (C=O) groups excluding carboxylic acids is 2. The van der Waals surface area contributed by atoms with E-state index in [9.17, 15) is 9.59 Å². The first kappa shape index (κ1) is 21.3. The molecule has 0 bridgehead atoms. The van der Waals surface area contributed by atoms with E-state index in [-0.39, 0.29) is 18.1 Å². The molecule has 26 heavy (non-hydrogen) atoms. The van der Waals surface area contributed by atoms with Gasteiger partial charge in [0.25, 0.3) is 5.91 Å². The Hall–Kier alpha value is -0.983. The highest BCUT2D eigenvalue weighted by Gasteiger charge is 2.55. The summed E-state index contributed by atoms with van der Waals surface area (Å²) in [5.41, 5.74) is 2.50. The summed E-state index contributed by atoms with van der Waals surface area (Å²) in [4.78, 5) is 25.5. The van der Waals surface area contributed by atoms with Gasteiger partial charge >= 0.3 is 0 Å². The summed E-state index contributed by atoms with van der Waals surface area (Å²) in [5.74, 6) is 0.0888. The second-order valence-electron chi connectivity index (χ2n) is 8.20. The van der Waals surface area contributed by atoms with Gasteiger partial charge in [0.15, 0.2) is 0 Å². The number of amides is 1. The molecule has 2 rings (SSSR count). The zero-order valence-corrected chi connectivity index (χ0v) is 18.7. The molecule has 1 aliphatic heterocycles. The normalized spacial score (nSPS) is 21.0. The predicted octanol–water partition coefficient (Wildman–Crippen LogP) is 5.17. The number of hydrogen-bond donors (Lipinski definition) is 0. The Balaban J connectivity index is 2.28. The van der Waals surface area contributed by atoms with Crippen LogP contribution in [0.25, 0.3) is 0 Å². The molecule has 0 spiro atoms. The molecule has 0 radical (unpaired) electrons. The number of aldehydes is 1. The molecule has 0 N–H and O–H groups in total. The van der Waals surface area contributed by atoms with E-state index in [4.69, 9.17) is 4.43 Å². The van der Waals surface area contributed by atoms with Crippen LogP contribution in [0.5, 0.6) is 0 Å². The first-order chi connectivity index (χ1) is 12.3. The SMILES string of the molecule is CC(C)[Si](OC1C(=O)N(CCCC=O)C1c1ccsc1)(C(C)C)C(C)C. The molecule has 0 aliphatic carbocycles. The van der Waals surface area contributed by atoms with E-state index in [0.29, 0.717) is 36.0 Å². The van der Waals surface area contributed by atoms with Gasteiger partial charge in [0.1, 0.15) is 12.4 Å². The van der Waals surface area contributed by atoms with Crippen molar-refractivity contribution in [2.45, 2.75) is 83.2 Å². The minimum absolute atomic E-state index is 0.0106. The lowest BCUT2D eigenvalue weighted by atomic mass is 9.92. The molecule has 4 nitrogen and oxygen atoms in total. The van der Waals surface area contributed by atoms with Crippen molar-refractivity contribution in [1.82, 2.24) is 4.90 Å². The maximum atomic E-state index is 12.9. The summed E-state index contributed by atoms with van der Waals surface area (Å²) in [6.45, 7) is 14.1. The minimum atomic E-state index is -2.12. The Morgan fingerprint density at radius 1 is 1.19 bits per heavy atom. The molecule has 0 aromatic carbocycles. The molecule has 1 aromatic rings. The van der Waals surface area contributed by atoms with Gasteiger partial charge in [-0.25, -0.2) is 0 Å². The van der Waals surface area contributed by atoms with Crippen LogP contribution in [0.15, 0.2) is 16.8 Å². The molecule has 6 heteroatoms. The van der Waals surface area contributed by atoms with Crippen LogP contribution in [0.3, 0.4) is 0 Å². The van der Waals surface area contributed by atoms with Gasteiger partial charge in [0.2, 0.25) is 8.32 Å². The number of unbranched alkanes of at least 4 members (excludes halogenated alkanes) is 1. The molecule has 0 saturated carbocycles. The van der Waals surface area contributed by atoms with Crippen molar-refractivity contribution in [3.63, 3.8) is 0 Å². The van der Waals surface area contributed by atoms with Gasteiger partial charge < -0.3 is 14.1 Å². The zero-order valence-electron chi connectivity index (χ0n) is 16.9. The lowest BCUT2D eigenvalue weighted by Crippen LogP contribution is -2.64. The van der Waals surface area contributed by atoms with Crippen molar-refractivity contribution in [3.05, 3.63) is 22.4 Å². The first-order valence-corrected chi connectivity index (χ1v) is 12.8. The third kappa shape index (κ3) is 3.82. The Morgan fingerprint density at radius 3 is 2.27 bits per heavy atom. The number of thiophene rings is 1. The molecule has 1 saturated heterocycles. The van der Waals surface area contributed by atoms with E-state index < -0.39 is 8.32 Å². The number of hydrogen-bond acceptors (Lipinski definition) is 4. The van der Waals surface area contributed by atoms with Crippen molar-refractivity contribution in [3.8, 4) is 0 Å². The highest BCUT2D eigenvalue weighted by molar-refractivity contribution is 7.08. The quantitative estimate of drug-likeness (QED) is 0.238. The van der Waals surface area contributed by atoms with Crippen molar-refractivity contribution in [2.75, 3.05) is 6.54 Å². The van der Waals surface area contributed by atoms with Gasteiger partial charge in [-0.05, 0) is 45.4 Å². The van der Waals surface area contributed by atoms with E-state index >= 15 is 0 Å². The number of carbonyl (C=O) groups is 2. The first-order valence-electron chi connectivity index (χ1n) is 9.71. The van der Waals surface area contributed by atoms with Crippen LogP contribution in [0.4, 0.5) is 0 Å². The Kier molecular flexibility index (Phi) is 7.22. The van der Waals surface area contributed by atoms with Gasteiger partial charge in [-0.2, -0.15) is 11.3 Å². The molecule has 1 amide bonds. The third-order valence-corrected chi connectivity index (χ3v) is 12.6. The summed E-state index contributed by atoms with van der Waals surface area (Å²) >= 11 is 1.65. The molecule has 2 unspecified atom stereocenters. The lowest BCUT2D eigenvalue weighted by Gasteiger charge is -2.53. The Morgan fingerprint density at radius 2 is 1.81 bits per heavy atom. The zero-order chi connectivity index (χ0) is 19.5.